The van der Waals surface area contributed by atoms with Crippen molar-refractivity contribution in [3.05, 3.63) is 87.9 Å². The third-order valence-electron chi connectivity index (χ3n) is 9.71. The average molecular weight is 618 g/mol. The lowest BCUT2D eigenvalue weighted by Crippen LogP contribution is -2.45. The molecule has 2 aliphatic rings. The fraction of sp³-hybridized carbons (Fsp3) is 0.486. The maximum Gasteiger partial charge on any atom is 0.232 e. The van der Waals surface area contributed by atoms with Crippen LogP contribution in [0.25, 0.3) is 0 Å². The molecular formula is C37H48ClN3O3. The number of hydrogen-bond acceptors (Lipinski definition) is 5. The average Bonchev–Trinajstić information content (AvgIpc) is 3.05. The van der Waals surface area contributed by atoms with E-state index in [1.165, 1.54) is 18.4 Å². The Balaban J connectivity index is 1.45. The number of ether oxygens (including phenoxy) is 2. The second-order valence-electron chi connectivity index (χ2n) is 12.2. The molecule has 6 nitrogen and oxygen atoms in total. The van der Waals surface area contributed by atoms with Gasteiger partial charge in [-0.3, -0.25) is 9.69 Å². The van der Waals surface area contributed by atoms with Crippen LogP contribution in [0, 0.1) is 0 Å². The van der Waals surface area contributed by atoms with Crippen molar-refractivity contribution in [2.45, 2.75) is 84.5 Å². The minimum absolute atomic E-state index is 0.0369. The molecule has 0 N–H and O–H groups in total. The molecule has 1 amide bonds. The van der Waals surface area contributed by atoms with Gasteiger partial charge in [-0.2, -0.15) is 0 Å². The molecule has 236 valence electrons. The Hall–Kier alpha value is -3.06. The topological polar surface area (TPSA) is 45.3 Å². The Morgan fingerprint density at radius 2 is 1.59 bits per heavy atom. The van der Waals surface area contributed by atoms with Gasteiger partial charge in [0.15, 0.2) is 11.5 Å². The smallest absolute Gasteiger partial charge is 0.232 e. The van der Waals surface area contributed by atoms with Crippen molar-refractivity contribution in [1.29, 1.82) is 0 Å². The molecule has 44 heavy (non-hydrogen) atoms. The van der Waals surface area contributed by atoms with Gasteiger partial charge >= 0.3 is 0 Å². The number of likely N-dealkylation sites (tertiary alicyclic amines) is 1. The van der Waals surface area contributed by atoms with Crippen molar-refractivity contribution in [3.63, 3.8) is 0 Å². The third kappa shape index (κ3) is 6.78. The highest BCUT2D eigenvalue weighted by Gasteiger charge is 2.36. The largest absolute Gasteiger partial charge is 0.493 e. The van der Waals surface area contributed by atoms with Gasteiger partial charge in [-0.25, -0.2) is 0 Å². The van der Waals surface area contributed by atoms with Crippen LogP contribution >= 0.6 is 11.6 Å². The number of carbonyl (C=O) groups is 1. The lowest BCUT2D eigenvalue weighted by molar-refractivity contribution is -0.118. The molecule has 0 bridgehead atoms. The predicted octanol–water partition coefficient (Wildman–Crippen LogP) is 8.07. The van der Waals surface area contributed by atoms with Crippen LogP contribution in [0.1, 0.15) is 88.2 Å². The molecule has 5 rings (SSSR count). The Labute approximate surface area is 268 Å². The van der Waals surface area contributed by atoms with Gasteiger partial charge in [-0.15, -0.1) is 0 Å². The number of anilines is 1. The molecule has 3 aromatic carbocycles. The van der Waals surface area contributed by atoms with Gasteiger partial charge in [0.05, 0.1) is 25.7 Å². The number of hydrogen-bond donors (Lipinski definition) is 0. The van der Waals surface area contributed by atoms with Crippen molar-refractivity contribution in [2.75, 3.05) is 38.2 Å². The number of piperidine rings is 1. The normalized spacial score (nSPS) is 19.1. The number of rotatable bonds is 11. The summed E-state index contributed by atoms with van der Waals surface area (Å²) in [4.78, 5) is 21.1. The molecule has 3 unspecified atom stereocenters. The molecule has 1 saturated heterocycles. The molecule has 0 aliphatic carbocycles. The Kier molecular flexibility index (Phi) is 10.6. The van der Waals surface area contributed by atoms with Gasteiger partial charge in [0.25, 0.3) is 0 Å². The second-order valence-corrected chi connectivity index (χ2v) is 12.6. The van der Waals surface area contributed by atoms with E-state index in [-0.39, 0.29) is 18.1 Å². The molecular weight excluding hydrogens is 570 g/mol. The summed E-state index contributed by atoms with van der Waals surface area (Å²) in [6, 6.07) is 21.1. The van der Waals surface area contributed by atoms with Gasteiger partial charge in [-0.1, -0.05) is 56.6 Å². The quantitative estimate of drug-likeness (QED) is 0.218. The Morgan fingerprint density at radius 1 is 0.932 bits per heavy atom. The van der Waals surface area contributed by atoms with Crippen LogP contribution in [0.15, 0.2) is 60.7 Å². The standard InChI is InChI=1S/C37H48ClN3O3/c1-7-25(4)44-35-24-33-29(22-34(35)43-6)23-36(42)41(37(33)28-10-14-30(38)15-11-28)32-16-12-27(13-17-32)26(5)40-20-18-31(19-21-40)39(8-2)9-3/h10-17,22,24-26,31,37H,7-9,18-21,23H2,1-6H3. The molecule has 2 heterocycles. The van der Waals surface area contributed by atoms with Crippen LogP contribution in [0.3, 0.4) is 0 Å². The number of nitrogens with zero attached hydrogens (tertiary/aromatic N) is 3. The van der Waals surface area contributed by atoms with Crippen LogP contribution in [0.5, 0.6) is 11.5 Å². The number of benzene rings is 3. The van der Waals surface area contributed by atoms with E-state index in [4.69, 9.17) is 21.1 Å². The summed E-state index contributed by atoms with van der Waals surface area (Å²) < 4.78 is 12.0. The summed E-state index contributed by atoms with van der Waals surface area (Å²) in [5.41, 5.74) is 5.16. The number of fused-ring (bicyclic) bond motifs is 1. The van der Waals surface area contributed by atoms with Crippen LogP contribution < -0.4 is 14.4 Å². The van der Waals surface area contributed by atoms with E-state index in [9.17, 15) is 4.79 Å². The number of methoxy groups -OCH3 is 1. The zero-order chi connectivity index (χ0) is 31.4. The van der Waals surface area contributed by atoms with E-state index in [0.717, 1.165) is 55.0 Å². The van der Waals surface area contributed by atoms with Crippen LogP contribution in [0.4, 0.5) is 5.69 Å². The number of halogens is 1. The van der Waals surface area contributed by atoms with Crippen LogP contribution in [-0.2, 0) is 11.2 Å². The lowest BCUT2D eigenvalue weighted by atomic mass is 9.86. The van der Waals surface area contributed by atoms with E-state index in [1.807, 2.05) is 35.2 Å². The minimum atomic E-state index is -0.323. The van der Waals surface area contributed by atoms with Crippen molar-refractivity contribution in [1.82, 2.24) is 9.80 Å². The van der Waals surface area contributed by atoms with Crippen molar-refractivity contribution >= 4 is 23.2 Å². The van der Waals surface area contributed by atoms with E-state index in [0.29, 0.717) is 35.0 Å². The van der Waals surface area contributed by atoms with Gasteiger partial charge in [0.1, 0.15) is 0 Å². The van der Waals surface area contributed by atoms with Gasteiger partial charge in [-0.05, 0) is 105 Å². The molecule has 0 saturated carbocycles. The van der Waals surface area contributed by atoms with Gasteiger partial charge in [0, 0.05) is 35.9 Å². The molecule has 2 aliphatic heterocycles. The minimum Gasteiger partial charge on any atom is -0.493 e. The molecule has 3 aromatic rings. The summed E-state index contributed by atoms with van der Waals surface area (Å²) >= 11 is 6.30. The summed E-state index contributed by atoms with van der Waals surface area (Å²) in [7, 11) is 1.65. The first kappa shape index (κ1) is 32.3. The highest BCUT2D eigenvalue weighted by molar-refractivity contribution is 6.30. The summed E-state index contributed by atoms with van der Waals surface area (Å²) in [5, 5.41) is 0.664. The van der Waals surface area contributed by atoms with E-state index >= 15 is 0 Å². The van der Waals surface area contributed by atoms with E-state index in [2.05, 4.69) is 74.8 Å². The first-order valence-corrected chi connectivity index (χ1v) is 16.7. The zero-order valence-electron chi connectivity index (χ0n) is 27.2. The molecule has 1 fully saturated rings. The second kappa shape index (κ2) is 14.4. The highest BCUT2D eigenvalue weighted by atomic mass is 35.5. The SMILES string of the molecule is CCC(C)Oc1cc2c(cc1OC)CC(=O)N(c1ccc(C(C)N3CCC(N(CC)CC)CC3)cc1)C2c1ccc(Cl)cc1. The fourth-order valence-corrected chi connectivity index (χ4v) is 7.00. The van der Waals surface area contributed by atoms with Crippen molar-refractivity contribution in [3.8, 4) is 11.5 Å². The van der Waals surface area contributed by atoms with Gasteiger partial charge in [0.2, 0.25) is 5.91 Å². The Bertz CT molecular complexity index is 1400. The van der Waals surface area contributed by atoms with Crippen LogP contribution in [-0.4, -0.2) is 61.1 Å². The fourth-order valence-electron chi connectivity index (χ4n) is 6.88. The number of amides is 1. The number of carbonyl (C=O) groups excluding carboxylic acids is 1. The first-order chi connectivity index (χ1) is 21.3. The zero-order valence-corrected chi connectivity index (χ0v) is 27.9. The first-order valence-electron chi connectivity index (χ1n) is 16.3. The third-order valence-corrected chi connectivity index (χ3v) is 9.96. The predicted molar refractivity (Wildman–Crippen MR) is 180 cm³/mol. The maximum atomic E-state index is 13.9. The lowest BCUT2D eigenvalue weighted by Gasteiger charge is -2.40. The van der Waals surface area contributed by atoms with E-state index in [1.54, 1.807) is 7.11 Å². The molecule has 0 aromatic heterocycles. The summed E-state index contributed by atoms with van der Waals surface area (Å²) in [5.74, 6) is 1.40. The molecule has 7 heteroatoms. The van der Waals surface area contributed by atoms with E-state index < -0.39 is 0 Å². The monoisotopic (exact) mass is 617 g/mol. The van der Waals surface area contributed by atoms with Gasteiger partial charge < -0.3 is 19.3 Å². The summed E-state index contributed by atoms with van der Waals surface area (Å²) in [6.07, 6.45) is 3.63. The maximum absolute atomic E-state index is 13.9. The van der Waals surface area contributed by atoms with Crippen molar-refractivity contribution < 1.29 is 14.3 Å². The summed E-state index contributed by atoms with van der Waals surface area (Å²) in [6.45, 7) is 15.4. The van der Waals surface area contributed by atoms with Crippen LogP contribution in [0.2, 0.25) is 5.02 Å². The molecule has 0 radical (unpaired) electrons. The molecule has 0 spiro atoms. The van der Waals surface area contributed by atoms with Crippen molar-refractivity contribution in [2.24, 2.45) is 0 Å². The molecule has 3 atom stereocenters. The Morgan fingerprint density at radius 3 is 2.18 bits per heavy atom. The highest BCUT2D eigenvalue weighted by Crippen LogP contribution is 2.44.